The highest BCUT2D eigenvalue weighted by Crippen LogP contribution is 2.27. The average Bonchev–Trinajstić information content (AvgIpc) is 3.06. The predicted octanol–water partition coefficient (Wildman–Crippen LogP) is 4.15. The van der Waals surface area contributed by atoms with Crippen LogP contribution in [0.2, 0.25) is 0 Å². The van der Waals surface area contributed by atoms with Crippen molar-refractivity contribution in [2.75, 3.05) is 5.32 Å². The van der Waals surface area contributed by atoms with E-state index in [4.69, 9.17) is 0 Å². The van der Waals surface area contributed by atoms with Crippen molar-refractivity contribution in [3.63, 3.8) is 0 Å². The van der Waals surface area contributed by atoms with Gasteiger partial charge in [0.1, 0.15) is 5.82 Å². The number of nitrogens with zero attached hydrogens (tertiary/aromatic N) is 2. The Balaban J connectivity index is 1.95. The van der Waals surface area contributed by atoms with Gasteiger partial charge in [-0.1, -0.05) is 68.8 Å². The molecule has 0 saturated carbocycles. The molecule has 0 saturated heterocycles. The number of anilines is 1. The summed E-state index contributed by atoms with van der Waals surface area (Å²) >= 11 is 0. The summed E-state index contributed by atoms with van der Waals surface area (Å²) in [5.41, 5.74) is 3.22. The van der Waals surface area contributed by atoms with E-state index < -0.39 is 12.0 Å². The van der Waals surface area contributed by atoms with Gasteiger partial charge in [-0.15, -0.1) is 0 Å². The number of hydrogen-bond donors (Lipinski definition) is 2. The summed E-state index contributed by atoms with van der Waals surface area (Å²) in [7, 11) is 0. The van der Waals surface area contributed by atoms with Crippen molar-refractivity contribution >= 4 is 11.7 Å². The quantitative estimate of drug-likeness (QED) is 0.732. The maximum atomic E-state index is 12.6. The molecular formula is C22H25N3O2. The number of nitrogens with one attached hydrogen (secondary N) is 1. The Morgan fingerprint density at radius 3 is 2.30 bits per heavy atom. The van der Waals surface area contributed by atoms with Gasteiger partial charge < -0.3 is 10.4 Å². The summed E-state index contributed by atoms with van der Waals surface area (Å²) in [6.07, 6.45) is -1.24. The maximum absolute atomic E-state index is 12.6. The van der Waals surface area contributed by atoms with Crippen molar-refractivity contribution in [2.45, 2.75) is 39.2 Å². The highest BCUT2D eigenvalue weighted by Gasteiger charge is 2.24. The van der Waals surface area contributed by atoms with E-state index in [-0.39, 0.29) is 5.41 Å². The molecule has 0 unspecified atom stereocenters. The summed E-state index contributed by atoms with van der Waals surface area (Å²) < 4.78 is 1.70. The monoisotopic (exact) mass is 363 g/mol. The maximum Gasteiger partial charge on any atom is 0.258 e. The molecule has 0 aliphatic carbocycles. The predicted molar refractivity (Wildman–Crippen MR) is 107 cm³/mol. The summed E-state index contributed by atoms with van der Waals surface area (Å²) in [5, 5.41) is 17.9. The van der Waals surface area contributed by atoms with Crippen LogP contribution in [0.3, 0.4) is 0 Å². The van der Waals surface area contributed by atoms with Crippen molar-refractivity contribution in [3.8, 4) is 5.69 Å². The molecule has 0 spiro atoms. The normalized spacial score (nSPS) is 12.6. The Bertz CT molecular complexity index is 922. The lowest BCUT2D eigenvalue weighted by Gasteiger charge is -2.14. The van der Waals surface area contributed by atoms with E-state index >= 15 is 0 Å². The summed E-state index contributed by atoms with van der Waals surface area (Å²) in [6, 6.07) is 18.6. The van der Waals surface area contributed by atoms with Crippen molar-refractivity contribution in [2.24, 2.45) is 0 Å². The van der Waals surface area contributed by atoms with Gasteiger partial charge in [-0.05, 0) is 24.6 Å². The number of rotatable bonds is 4. The van der Waals surface area contributed by atoms with Gasteiger partial charge in [0.15, 0.2) is 6.10 Å². The van der Waals surface area contributed by atoms with Crippen LogP contribution >= 0.6 is 0 Å². The highest BCUT2D eigenvalue weighted by molar-refractivity contribution is 5.94. The Hall–Kier alpha value is -2.92. The number of amides is 1. The third kappa shape index (κ3) is 4.26. The Labute approximate surface area is 159 Å². The molecule has 2 aromatic carbocycles. The van der Waals surface area contributed by atoms with Gasteiger partial charge in [-0.2, -0.15) is 5.10 Å². The molecule has 0 fully saturated rings. The SMILES string of the molecule is Cc1ccc(-n2nc(C(C)(C)C)cc2NC(=O)[C@H](O)c2ccccc2)cc1. The summed E-state index contributed by atoms with van der Waals surface area (Å²) in [4.78, 5) is 12.6. The minimum Gasteiger partial charge on any atom is -0.378 e. The van der Waals surface area contributed by atoms with E-state index in [1.807, 2.05) is 43.3 Å². The fourth-order valence-corrected chi connectivity index (χ4v) is 2.70. The second-order valence-electron chi connectivity index (χ2n) is 7.71. The van der Waals surface area contributed by atoms with E-state index in [0.717, 1.165) is 16.9 Å². The molecule has 140 valence electrons. The van der Waals surface area contributed by atoms with Crippen LogP contribution in [-0.2, 0) is 10.2 Å². The number of aryl methyl sites for hydroxylation is 1. The van der Waals surface area contributed by atoms with Crippen molar-refractivity contribution in [1.29, 1.82) is 0 Å². The first kappa shape index (κ1) is 18.9. The first-order valence-electron chi connectivity index (χ1n) is 8.97. The minimum absolute atomic E-state index is 0.173. The van der Waals surface area contributed by atoms with Gasteiger partial charge in [0.2, 0.25) is 0 Å². The molecule has 27 heavy (non-hydrogen) atoms. The molecule has 5 heteroatoms. The number of aromatic nitrogens is 2. The van der Waals surface area contributed by atoms with Gasteiger partial charge in [0.25, 0.3) is 5.91 Å². The Kier molecular flexibility index (Phi) is 5.15. The Morgan fingerprint density at radius 1 is 1.07 bits per heavy atom. The smallest absolute Gasteiger partial charge is 0.258 e. The number of aliphatic hydroxyl groups excluding tert-OH is 1. The molecule has 0 radical (unpaired) electrons. The van der Waals surface area contributed by atoms with Crippen molar-refractivity contribution < 1.29 is 9.90 Å². The van der Waals surface area contributed by atoms with Crippen LogP contribution < -0.4 is 5.32 Å². The number of aliphatic hydroxyl groups is 1. The van der Waals surface area contributed by atoms with Crippen LogP contribution in [-0.4, -0.2) is 20.8 Å². The van der Waals surface area contributed by atoms with Crippen LogP contribution in [0.15, 0.2) is 60.7 Å². The molecule has 1 aromatic heterocycles. The molecule has 0 aliphatic heterocycles. The largest absolute Gasteiger partial charge is 0.378 e. The van der Waals surface area contributed by atoms with Crippen LogP contribution in [0.4, 0.5) is 5.82 Å². The fourth-order valence-electron chi connectivity index (χ4n) is 2.70. The molecule has 3 aromatic rings. The second kappa shape index (κ2) is 7.37. The first-order chi connectivity index (χ1) is 12.8. The standard InChI is InChI=1S/C22H25N3O2/c1-15-10-12-17(13-11-15)25-19(14-18(24-25)22(2,3)4)23-21(27)20(26)16-8-6-5-7-9-16/h5-14,20,26H,1-4H3,(H,23,27)/t20-/m1/s1. The fraction of sp³-hybridized carbons (Fsp3) is 0.273. The van der Waals surface area contributed by atoms with Crippen molar-refractivity contribution in [3.05, 3.63) is 77.5 Å². The molecular weight excluding hydrogens is 338 g/mol. The lowest BCUT2D eigenvalue weighted by molar-refractivity contribution is -0.124. The van der Waals surface area contributed by atoms with Gasteiger partial charge >= 0.3 is 0 Å². The molecule has 2 N–H and O–H groups in total. The number of carbonyl (C=O) groups is 1. The third-order valence-electron chi connectivity index (χ3n) is 4.37. The van der Waals surface area contributed by atoms with Crippen molar-refractivity contribution in [1.82, 2.24) is 9.78 Å². The van der Waals surface area contributed by atoms with Crippen LogP contribution in [0.5, 0.6) is 0 Å². The topological polar surface area (TPSA) is 67.2 Å². The zero-order valence-corrected chi connectivity index (χ0v) is 16.1. The summed E-state index contributed by atoms with van der Waals surface area (Å²) in [5.74, 6) is 0.0404. The lowest BCUT2D eigenvalue weighted by Crippen LogP contribution is -2.22. The number of hydrogen-bond acceptors (Lipinski definition) is 3. The van der Waals surface area contributed by atoms with Gasteiger partial charge in [-0.3, -0.25) is 4.79 Å². The second-order valence-corrected chi connectivity index (χ2v) is 7.71. The summed E-state index contributed by atoms with van der Waals surface area (Å²) in [6.45, 7) is 8.23. The number of benzene rings is 2. The first-order valence-corrected chi connectivity index (χ1v) is 8.97. The molecule has 0 bridgehead atoms. The van der Waals surface area contributed by atoms with E-state index in [0.29, 0.717) is 11.4 Å². The van der Waals surface area contributed by atoms with Gasteiger partial charge in [-0.25, -0.2) is 4.68 Å². The average molecular weight is 363 g/mol. The zero-order valence-electron chi connectivity index (χ0n) is 16.1. The van der Waals surface area contributed by atoms with Crippen LogP contribution in [0.25, 0.3) is 5.69 Å². The molecule has 1 atom stereocenters. The molecule has 1 heterocycles. The van der Waals surface area contributed by atoms with Crippen LogP contribution in [0.1, 0.15) is 43.7 Å². The molecule has 3 rings (SSSR count). The molecule has 5 nitrogen and oxygen atoms in total. The van der Waals surface area contributed by atoms with E-state index in [1.165, 1.54) is 0 Å². The van der Waals surface area contributed by atoms with E-state index in [1.54, 1.807) is 28.9 Å². The highest BCUT2D eigenvalue weighted by atomic mass is 16.3. The third-order valence-corrected chi connectivity index (χ3v) is 4.37. The van der Waals surface area contributed by atoms with E-state index in [9.17, 15) is 9.90 Å². The minimum atomic E-state index is -1.24. The van der Waals surface area contributed by atoms with Crippen LogP contribution in [0, 0.1) is 6.92 Å². The zero-order chi connectivity index (χ0) is 19.6. The Morgan fingerprint density at radius 2 is 1.70 bits per heavy atom. The molecule has 1 amide bonds. The van der Waals surface area contributed by atoms with E-state index in [2.05, 4.69) is 31.2 Å². The number of carbonyl (C=O) groups excluding carboxylic acids is 1. The van der Waals surface area contributed by atoms with Gasteiger partial charge in [0.05, 0.1) is 11.4 Å². The van der Waals surface area contributed by atoms with Gasteiger partial charge in [0, 0.05) is 11.5 Å². The molecule has 0 aliphatic rings. The lowest BCUT2D eigenvalue weighted by atomic mass is 9.92.